The van der Waals surface area contributed by atoms with Crippen LogP contribution < -0.4 is 20.4 Å². The third-order valence-corrected chi connectivity index (χ3v) is 16.8. The predicted octanol–water partition coefficient (Wildman–Crippen LogP) is 12.6. The summed E-state index contributed by atoms with van der Waals surface area (Å²) in [5.41, 5.74) is 8.31. The van der Waals surface area contributed by atoms with Crippen molar-refractivity contribution in [1.82, 2.24) is 0 Å². The van der Waals surface area contributed by atoms with Gasteiger partial charge in [0.15, 0.2) is 0 Å². The smallest absolute Gasteiger partial charge is 0.550 e. The molecule has 12 aromatic carbocycles. The van der Waals surface area contributed by atoms with E-state index in [1.807, 2.05) is 364 Å². The van der Waals surface area contributed by atoms with Crippen molar-refractivity contribution in [2.24, 2.45) is 0 Å². The Labute approximate surface area is 576 Å². The number of benzene rings is 12. The van der Waals surface area contributed by atoms with Crippen LogP contribution in [0.1, 0.15) is 92.4 Å². The molecule has 0 atom stereocenters. The predicted molar refractivity (Wildman–Crippen MR) is 355 cm³/mol. The number of hydrogen-bond donors (Lipinski definition) is 0. The first kappa shape index (κ1) is 71.2. The molecule has 12 aromatic rings. The molecule has 0 heterocycles. The molecule has 470 valence electrons. The summed E-state index contributed by atoms with van der Waals surface area (Å²) in [4.78, 5) is 46.5. The standard InChI is InChI=1S/4C21H18O2.2Rh/c4*22-20(23)16-21(17-10-4-1-5-11-17,18-12-6-2-7-13-18)19-14-8-3-9-15-19;;/h4*1-15H,16H2,(H,22,23);;/q;;;;2*+2/p-4. The Morgan fingerprint density at radius 1 is 0.170 bits per heavy atom. The number of aliphatic carboxylic acids is 4. The third kappa shape index (κ3) is 16.9. The average molecular weight is 1410 g/mol. The Bertz CT molecular complexity index is 3240. The Kier molecular flexibility index (Phi) is 26.5. The van der Waals surface area contributed by atoms with Crippen molar-refractivity contribution >= 4 is 23.9 Å². The van der Waals surface area contributed by atoms with E-state index in [0.717, 1.165) is 66.8 Å². The molecule has 0 saturated carbocycles. The monoisotopic (exact) mass is 1410 g/mol. The van der Waals surface area contributed by atoms with Crippen LogP contribution in [0.4, 0.5) is 0 Å². The summed E-state index contributed by atoms with van der Waals surface area (Å²) in [5.74, 6) is -4.27. The minimum Gasteiger partial charge on any atom is -0.550 e. The summed E-state index contributed by atoms with van der Waals surface area (Å²) in [6.45, 7) is 0. The van der Waals surface area contributed by atoms with Crippen molar-refractivity contribution in [3.05, 3.63) is 431 Å². The Morgan fingerprint density at radius 2 is 0.245 bits per heavy atom. The molecular formula is C84H68O8Rh2. The molecule has 0 aromatic heterocycles. The number of carboxylic acids is 4. The topological polar surface area (TPSA) is 161 Å². The van der Waals surface area contributed by atoms with Gasteiger partial charge >= 0.3 is 39.0 Å². The minimum atomic E-state index is -1.07. The van der Waals surface area contributed by atoms with Crippen LogP contribution in [0, 0.1) is 0 Å². The van der Waals surface area contributed by atoms with Gasteiger partial charge in [0.05, 0.1) is 21.7 Å². The van der Waals surface area contributed by atoms with Crippen molar-refractivity contribution in [2.45, 2.75) is 47.3 Å². The second-order valence-electron chi connectivity index (χ2n) is 22.2. The fraction of sp³-hybridized carbons (Fsp3) is 0.0952. The van der Waals surface area contributed by atoms with Crippen molar-refractivity contribution in [3.63, 3.8) is 0 Å². The minimum absolute atomic E-state index is 0. The quantitative estimate of drug-likeness (QED) is 0.0538. The summed E-state index contributed by atoms with van der Waals surface area (Å²) in [7, 11) is 0. The number of hydrogen-bond acceptors (Lipinski definition) is 8. The summed E-state index contributed by atoms with van der Waals surface area (Å²) >= 11 is 0. The van der Waals surface area contributed by atoms with Crippen LogP contribution in [0.2, 0.25) is 0 Å². The largest absolute Gasteiger partial charge is 2.00 e. The van der Waals surface area contributed by atoms with Gasteiger partial charge in [-0.3, -0.25) is 0 Å². The second-order valence-corrected chi connectivity index (χ2v) is 22.2. The maximum absolute atomic E-state index is 11.6. The van der Waals surface area contributed by atoms with E-state index in [0.29, 0.717) is 0 Å². The van der Waals surface area contributed by atoms with Gasteiger partial charge in [-0.05, 0) is 66.8 Å². The van der Waals surface area contributed by atoms with Crippen LogP contribution in [0.25, 0.3) is 0 Å². The van der Waals surface area contributed by atoms with E-state index in [9.17, 15) is 39.6 Å². The molecule has 10 heteroatoms. The van der Waals surface area contributed by atoms with E-state index in [4.69, 9.17) is 0 Å². The molecule has 0 aliphatic heterocycles. The molecule has 0 bridgehead atoms. The second kappa shape index (κ2) is 35.0. The summed E-state index contributed by atoms with van der Waals surface area (Å²) in [5, 5.41) is 46.5. The van der Waals surface area contributed by atoms with E-state index in [-0.39, 0.29) is 64.6 Å². The van der Waals surface area contributed by atoms with Gasteiger partial charge < -0.3 is 39.6 Å². The first-order valence-corrected chi connectivity index (χ1v) is 30.4. The molecule has 0 saturated heterocycles. The zero-order chi connectivity index (χ0) is 64.5. The van der Waals surface area contributed by atoms with Crippen LogP contribution in [-0.4, -0.2) is 23.9 Å². The summed E-state index contributed by atoms with van der Waals surface area (Å²) in [6, 6.07) is 117. The van der Waals surface area contributed by atoms with Crippen LogP contribution in [0.5, 0.6) is 0 Å². The Morgan fingerprint density at radius 3 is 0.309 bits per heavy atom. The van der Waals surface area contributed by atoms with Crippen molar-refractivity contribution in [1.29, 1.82) is 0 Å². The molecular weight excluding hydrogens is 1340 g/mol. The first-order valence-electron chi connectivity index (χ1n) is 30.4. The van der Waals surface area contributed by atoms with Crippen molar-refractivity contribution in [2.75, 3.05) is 0 Å². The Hall–Kier alpha value is -10.2. The molecule has 0 unspecified atom stereocenters. The van der Waals surface area contributed by atoms with Crippen LogP contribution in [-0.2, 0) is 79.8 Å². The van der Waals surface area contributed by atoms with E-state index in [1.54, 1.807) is 0 Å². The van der Waals surface area contributed by atoms with Gasteiger partial charge in [-0.15, -0.1) is 0 Å². The van der Waals surface area contributed by atoms with Gasteiger partial charge in [-0.1, -0.05) is 364 Å². The van der Waals surface area contributed by atoms with E-state index in [2.05, 4.69) is 0 Å². The molecule has 94 heavy (non-hydrogen) atoms. The average Bonchev–Trinajstić information content (AvgIpc) is 0.793. The molecule has 0 aliphatic rings. The van der Waals surface area contributed by atoms with Gasteiger partial charge in [0.2, 0.25) is 0 Å². The van der Waals surface area contributed by atoms with Gasteiger partial charge in [-0.2, -0.15) is 0 Å². The van der Waals surface area contributed by atoms with E-state index >= 15 is 0 Å². The number of rotatable bonds is 20. The molecule has 0 spiro atoms. The van der Waals surface area contributed by atoms with Crippen LogP contribution >= 0.6 is 0 Å². The molecule has 0 amide bonds. The molecule has 2 radical (unpaired) electrons. The number of carbonyl (C=O) groups excluding carboxylic acids is 4. The van der Waals surface area contributed by atoms with Gasteiger partial charge in [-0.25, -0.2) is 0 Å². The third-order valence-electron chi connectivity index (χ3n) is 16.8. The molecule has 0 N–H and O–H groups in total. The maximum atomic E-state index is 11.6. The summed E-state index contributed by atoms with van der Waals surface area (Å²) < 4.78 is 0. The zero-order valence-corrected chi connectivity index (χ0v) is 54.7. The van der Waals surface area contributed by atoms with Gasteiger partial charge in [0.1, 0.15) is 0 Å². The fourth-order valence-electron chi connectivity index (χ4n) is 12.8. The normalized spacial score (nSPS) is 10.9. The first-order chi connectivity index (χ1) is 44.9. The Balaban J connectivity index is 0.000000176. The SMILES string of the molecule is O=C([O-])CC(c1ccccc1)(c1ccccc1)c1ccccc1.O=C([O-])CC(c1ccccc1)(c1ccccc1)c1ccccc1.O=C([O-])CC(c1ccccc1)(c1ccccc1)c1ccccc1.O=C([O-])CC(c1ccccc1)(c1ccccc1)c1ccccc1.[Rh+2].[Rh+2]. The van der Waals surface area contributed by atoms with Gasteiger partial charge in [0.25, 0.3) is 0 Å². The number of carboxylic acid groups (broad SMARTS) is 4. The molecule has 0 aliphatic carbocycles. The molecule has 8 nitrogen and oxygen atoms in total. The fourth-order valence-corrected chi connectivity index (χ4v) is 12.8. The van der Waals surface area contributed by atoms with Crippen molar-refractivity contribution in [3.8, 4) is 0 Å². The van der Waals surface area contributed by atoms with E-state index in [1.165, 1.54) is 0 Å². The molecule has 0 fully saturated rings. The van der Waals surface area contributed by atoms with Gasteiger partial charge in [0, 0.05) is 49.6 Å². The number of carbonyl (C=O) groups is 4. The zero-order valence-electron chi connectivity index (χ0n) is 51.4. The van der Waals surface area contributed by atoms with Crippen LogP contribution in [0.3, 0.4) is 0 Å². The molecule has 12 rings (SSSR count). The van der Waals surface area contributed by atoms with Crippen LogP contribution in [0.15, 0.2) is 364 Å². The summed E-state index contributed by atoms with van der Waals surface area (Å²) in [6.07, 6.45) is -0.424. The maximum Gasteiger partial charge on any atom is 2.00 e. The van der Waals surface area contributed by atoms with Crippen molar-refractivity contribution < 1.29 is 78.6 Å². The van der Waals surface area contributed by atoms with E-state index < -0.39 is 45.5 Å².